The second-order valence-electron chi connectivity index (χ2n) is 7.16. The van der Waals surface area contributed by atoms with Gasteiger partial charge in [0.1, 0.15) is 10.6 Å². The Morgan fingerprint density at radius 2 is 1.87 bits per heavy atom. The van der Waals surface area contributed by atoms with Gasteiger partial charge in [-0.25, -0.2) is 4.98 Å². The second kappa shape index (κ2) is 9.14. The summed E-state index contributed by atoms with van der Waals surface area (Å²) in [4.78, 5) is 31.8. The van der Waals surface area contributed by atoms with Crippen molar-refractivity contribution in [1.82, 2.24) is 14.9 Å². The van der Waals surface area contributed by atoms with Crippen LogP contribution < -0.4 is 15.6 Å². The van der Waals surface area contributed by atoms with E-state index in [0.717, 1.165) is 32.1 Å². The van der Waals surface area contributed by atoms with Crippen LogP contribution in [0.5, 0.6) is 5.75 Å². The number of thiophene rings is 1. The number of methoxy groups -OCH3 is 1. The third-order valence-electron chi connectivity index (χ3n) is 5.17. The number of nitrogens with zero attached hydrogens (tertiary/aromatic N) is 2. The Morgan fingerprint density at radius 1 is 1.13 bits per heavy atom. The van der Waals surface area contributed by atoms with Gasteiger partial charge >= 0.3 is 0 Å². The maximum atomic E-state index is 13.2. The quantitative estimate of drug-likeness (QED) is 0.475. The number of rotatable bonds is 7. The molecule has 4 aromatic rings. The minimum absolute atomic E-state index is 0.120. The molecule has 1 N–H and O–H groups in total. The molecule has 2 aromatic heterocycles. The number of fused-ring (bicyclic) bond motifs is 1. The number of nitrogens with one attached hydrogen (secondary N) is 1. The highest BCUT2D eigenvalue weighted by Crippen LogP contribution is 2.35. The Bertz CT molecular complexity index is 1280. The van der Waals surface area contributed by atoms with Gasteiger partial charge in [0.15, 0.2) is 0 Å². The topological polar surface area (TPSA) is 73.2 Å². The summed E-state index contributed by atoms with van der Waals surface area (Å²) in [6.07, 6.45) is 1.72. The first-order chi connectivity index (χ1) is 15.1. The van der Waals surface area contributed by atoms with Gasteiger partial charge in [0, 0.05) is 35.5 Å². The molecule has 0 aliphatic carbocycles. The third-order valence-corrected chi connectivity index (χ3v) is 6.18. The highest BCUT2D eigenvalue weighted by molar-refractivity contribution is 7.19. The van der Waals surface area contributed by atoms with E-state index >= 15 is 0 Å². The van der Waals surface area contributed by atoms with Crippen LogP contribution in [0.2, 0.25) is 0 Å². The summed E-state index contributed by atoms with van der Waals surface area (Å²) in [7, 11) is 1.60. The highest BCUT2D eigenvalue weighted by Gasteiger charge is 2.17. The Morgan fingerprint density at radius 3 is 2.65 bits per heavy atom. The number of aryl methyl sites for hydroxylation is 2. The van der Waals surface area contributed by atoms with Crippen molar-refractivity contribution in [2.24, 2.45) is 0 Å². The van der Waals surface area contributed by atoms with Crippen LogP contribution in [0, 0.1) is 6.92 Å². The first-order valence-corrected chi connectivity index (χ1v) is 10.8. The zero-order valence-electron chi connectivity index (χ0n) is 17.4. The SMILES string of the molecule is COc1ccccc1CNC(=O)CCn1cnc2sc(C)c(-c3ccccc3)c2c1=O. The van der Waals surface area contributed by atoms with Gasteiger partial charge in [-0.2, -0.15) is 0 Å². The molecule has 0 saturated carbocycles. The van der Waals surface area contributed by atoms with Crippen LogP contribution in [0.3, 0.4) is 0 Å². The van der Waals surface area contributed by atoms with E-state index in [-0.39, 0.29) is 24.4 Å². The molecule has 0 radical (unpaired) electrons. The standard InChI is InChI=1S/C24H23N3O3S/c1-16-21(17-8-4-3-5-9-17)22-23(31-16)26-15-27(24(22)29)13-12-20(28)25-14-18-10-6-7-11-19(18)30-2/h3-11,15H,12-14H2,1-2H3,(H,25,28). The fourth-order valence-corrected chi connectivity index (χ4v) is 4.61. The average molecular weight is 434 g/mol. The van der Waals surface area contributed by atoms with Crippen molar-refractivity contribution in [2.75, 3.05) is 7.11 Å². The van der Waals surface area contributed by atoms with Crippen molar-refractivity contribution in [2.45, 2.75) is 26.4 Å². The molecule has 31 heavy (non-hydrogen) atoms. The minimum atomic E-state index is -0.136. The molecule has 4 rings (SSSR count). The number of aromatic nitrogens is 2. The molecular formula is C24H23N3O3S. The van der Waals surface area contributed by atoms with Gasteiger partial charge in [0.2, 0.25) is 5.91 Å². The fraction of sp³-hybridized carbons (Fsp3) is 0.208. The first-order valence-electron chi connectivity index (χ1n) is 10.0. The van der Waals surface area contributed by atoms with Crippen molar-refractivity contribution in [3.8, 4) is 16.9 Å². The number of carbonyl (C=O) groups is 1. The number of hydrogen-bond acceptors (Lipinski definition) is 5. The van der Waals surface area contributed by atoms with Gasteiger partial charge in [-0.05, 0) is 18.6 Å². The van der Waals surface area contributed by atoms with Crippen LogP contribution in [0.25, 0.3) is 21.3 Å². The normalized spacial score (nSPS) is 10.9. The maximum absolute atomic E-state index is 13.2. The van der Waals surface area contributed by atoms with E-state index < -0.39 is 0 Å². The van der Waals surface area contributed by atoms with Crippen LogP contribution in [0.4, 0.5) is 0 Å². The largest absolute Gasteiger partial charge is 0.496 e. The third kappa shape index (κ3) is 4.36. The van der Waals surface area contributed by atoms with E-state index in [1.165, 1.54) is 22.2 Å². The van der Waals surface area contributed by atoms with Crippen molar-refractivity contribution in [3.05, 3.63) is 81.7 Å². The number of ether oxygens (including phenoxy) is 1. The van der Waals surface area contributed by atoms with Gasteiger partial charge in [-0.15, -0.1) is 11.3 Å². The summed E-state index contributed by atoms with van der Waals surface area (Å²) in [6.45, 7) is 2.64. The zero-order chi connectivity index (χ0) is 21.8. The minimum Gasteiger partial charge on any atom is -0.496 e. The molecule has 6 nitrogen and oxygen atoms in total. The van der Waals surface area contributed by atoms with Crippen molar-refractivity contribution in [3.63, 3.8) is 0 Å². The number of para-hydroxylation sites is 1. The Labute approximate surface area is 184 Å². The zero-order valence-corrected chi connectivity index (χ0v) is 18.2. The first kappa shape index (κ1) is 20.8. The van der Waals surface area contributed by atoms with E-state index in [2.05, 4.69) is 10.3 Å². The van der Waals surface area contributed by atoms with Crippen LogP contribution in [0.1, 0.15) is 16.9 Å². The highest BCUT2D eigenvalue weighted by atomic mass is 32.1. The smallest absolute Gasteiger partial charge is 0.262 e. The summed E-state index contributed by atoms with van der Waals surface area (Å²) in [5.74, 6) is 0.595. The average Bonchev–Trinajstić information content (AvgIpc) is 3.14. The summed E-state index contributed by atoms with van der Waals surface area (Å²) >= 11 is 1.51. The Balaban J connectivity index is 1.51. The number of benzene rings is 2. The van der Waals surface area contributed by atoms with Gasteiger partial charge in [-0.1, -0.05) is 48.5 Å². The molecular weight excluding hydrogens is 410 g/mol. The number of carbonyl (C=O) groups excluding carboxylic acids is 1. The molecule has 0 unspecified atom stereocenters. The molecule has 2 heterocycles. The van der Waals surface area contributed by atoms with Crippen molar-refractivity contribution < 1.29 is 9.53 Å². The van der Waals surface area contributed by atoms with Gasteiger partial charge in [0.25, 0.3) is 5.56 Å². The van der Waals surface area contributed by atoms with E-state index in [4.69, 9.17) is 4.74 Å². The predicted octanol–water partition coefficient (Wildman–Crippen LogP) is 4.15. The van der Waals surface area contributed by atoms with E-state index in [1.54, 1.807) is 7.11 Å². The van der Waals surface area contributed by atoms with Crippen LogP contribution >= 0.6 is 11.3 Å². The molecule has 7 heteroatoms. The molecule has 0 fully saturated rings. The lowest BCUT2D eigenvalue weighted by molar-refractivity contribution is -0.121. The molecule has 0 saturated heterocycles. The molecule has 0 bridgehead atoms. The number of amides is 1. The Hall–Kier alpha value is -3.45. The van der Waals surface area contributed by atoms with E-state index in [9.17, 15) is 9.59 Å². The van der Waals surface area contributed by atoms with Gasteiger partial charge in [0.05, 0.1) is 18.8 Å². The van der Waals surface area contributed by atoms with Gasteiger partial charge in [-0.3, -0.25) is 14.2 Å². The maximum Gasteiger partial charge on any atom is 0.262 e. The molecule has 0 spiro atoms. The Kier molecular flexibility index (Phi) is 6.13. The van der Waals surface area contributed by atoms with E-state index in [0.29, 0.717) is 11.9 Å². The predicted molar refractivity (Wildman–Crippen MR) is 124 cm³/mol. The van der Waals surface area contributed by atoms with Gasteiger partial charge < -0.3 is 10.1 Å². The molecule has 0 aliphatic rings. The fourth-order valence-electron chi connectivity index (χ4n) is 3.60. The van der Waals surface area contributed by atoms with Crippen LogP contribution in [0.15, 0.2) is 65.7 Å². The molecule has 2 aromatic carbocycles. The summed E-state index contributed by atoms with van der Waals surface area (Å²) in [5, 5.41) is 3.51. The monoisotopic (exact) mass is 433 g/mol. The number of hydrogen-bond donors (Lipinski definition) is 1. The lowest BCUT2D eigenvalue weighted by atomic mass is 10.0. The molecule has 0 aliphatic heterocycles. The second-order valence-corrected chi connectivity index (χ2v) is 8.36. The van der Waals surface area contributed by atoms with Crippen molar-refractivity contribution in [1.29, 1.82) is 0 Å². The van der Waals surface area contributed by atoms with Crippen LogP contribution in [-0.4, -0.2) is 22.6 Å². The summed E-state index contributed by atoms with van der Waals surface area (Å²) in [5.41, 5.74) is 2.70. The summed E-state index contributed by atoms with van der Waals surface area (Å²) < 4.78 is 6.83. The van der Waals surface area contributed by atoms with E-state index in [1.807, 2.05) is 61.5 Å². The summed E-state index contributed by atoms with van der Waals surface area (Å²) in [6, 6.07) is 17.4. The van der Waals surface area contributed by atoms with Crippen molar-refractivity contribution >= 4 is 27.5 Å². The molecule has 0 atom stereocenters. The lowest BCUT2D eigenvalue weighted by Gasteiger charge is -2.10. The molecule has 158 valence electrons. The van der Waals surface area contributed by atoms with Crippen LogP contribution in [-0.2, 0) is 17.9 Å². The lowest BCUT2D eigenvalue weighted by Crippen LogP contribution is -2.27. The molecule has 1 amide bonds.